The minimum atomic E-state index is -0.218. The van der Waals surface area contributed by atoms with Gasteiger partial charge in [0.15, 0.2) is 0 Å². The number of fused-ring (bicyclic) bond motifs is 1. The summed E-state index contributed by atoms with van der Waals surface area (Å²) in [4.78, 5) is 5.89. The van der Waals surface area contributed by atoms with Gasteiger partial charge in [-0.3, -0.25) is 0 Å². The molecule has 0 aliphatic carbocycles. The van der Waals surface area contributed by atoms with Gasteiger partial charge in [-0.05, 0) is 74.4 Å². The highest BCUT2D eigenvalue weighted by molar-refractivity contribution is 7.20. The van der Waals surface area contributed by atoms with Gasteiger partial charge >= 0.3 is 0 Å². The molecule has 0 radical (unpaired) electrons. The third-order valence-corrected chi connectivity index (χ3v) is 7.03. The van der Waals surface area contributed by atoms with Gasteiger partial charge in [0.2, 0.25) is 0 Å². The fourth-order valence-corrected chi connectivity index (χ4v) is 5.06. The summed E-state index contributed by atoms with van der Waals surface area (Å²) in [6.45, 7) is 14.7. The van der Waals surface area contributed by atoms with Crippen LogP contribution >= 0.6 is 11.3 Å². The van der Waals surface area contributed by atoms with Crippen LogP contribution in [0.4, 0.5) is 10.2 Å². The van der Waals surface area contributed by atoms with Crippen molar-refractivity contribution in [3.05, 3.63) is 87.7 Å². The SMILES string of the molecule is C=C(Nc1nc(C)c(-c2ccc(C)cc2)c(C)c1C)c1sc2cc(F)ccc2c1C. The monoisotopic (exact) mass is 416 g/mol. The molecule has 0 bridgehead atoms. The van der Waals surface area contributed by atoms with E-state index in [-0.39, 0.29) is 5.82 Å². The molecule has 0 amide bonds. The van der Waals surface area contributed by atoms with Gasteiger partial charge < -0.3 is 5.32 Å². The Balaban J connectivity index is 1.71. The Hall–Kier alpha value is -2.98. The Morgan fingerprint density at radius 1 is 0.933 bits per heavy atom. The van der Waals surface area contributed by atoms with E-state index < -0.39 is 0 Å². The highest BCUT2D eigenvalue weighted by atomic mass is 32.1. The molecule has 30 heavy (non-hydrogen) atoms. The van der Waals surface area contributed by atoms with Crippen LogP contribution in [0.25, 0.3) is 26.9 Å². The fraction of sp³-hybridized carbons (Fsp3) is 0.192. The van der Waals surface area contributed by atoms with Crippen molar-refractivity contribution in [3.8, 4) is 11.1 Å². The molecular formula is C26H25FN2S. The average Bonchev–Trinajstić information content (AvgIpc) is 3.03. The smallest absolute Gasteiger partial charge is 0.133 e. The van der Waals surface area contributed by atoms with Crippen LogP contribution in [0.15, 0.2) is 49.0 Å². The minimum Gasteiger partial charge on any atom is -0.339 e. The van der Waals surface area contributed by atoms with E-state index in [1.54, 1.807) is 17.4 Å². The second kappa shape index (κ2) is 7.69. The van der Waals surface area contributed by atoms with E-state index in [0.29, 0.717) is 0 Å². The van der Waals surface area contributed by atoms with E-state index in [9.17, 15) is 4.39 Å². The van der Waals surface area contributed by atoms with Gasteiger partial charge in [-0.1, -0.05) is 42.5 Å². The molecular weight excluding hydrogens is 391 g/mol. The predicted octanol–water partition coefficient (Wildman–Crippen LogP) is 7.73. The number of hydrogen-bond acceptors (Lipinski definition) is 3. The molecule has 152 valence electrons. The molecule has 0 saturated heterocycles. The fourth-order valence-electron chi connectivity index (χ4n) is 3.90. The number of benzene rings is 2. The molecule has 0 unspecified atom stereocenters. The van der Waals surface area contributed by atoms with Gasteiger partial charge in [-0.2, -0.15) is 0 Å². The second-order valence-corrected chi connectivity index (χ2v) is 8.89. The van der Waals surface area contributed by atoms with Crippen molar-refractivity contribution in [3.63, 3.8) is 0 Å². The molecule has 1 N–H and O–H groups in total. The quantitative estimate of drug-likeness (QED) is 0.368. The third-order valence-electron chi connectivity index (χ3n) is 5.72. The van der Waals surface area contributed by atoms with Crippen LogP contribution in [0, 0.1) is 40.4 Å². The maximum Gasteiger partial charge on any atom is 0.133 e. The van der Waals surface area contributed by atoms with Crippen molar-refractivity contribution >= 4 is 32.9 Å². The Kier molecular flexibility index (Phi) is 5.20. The summed E-state index contributed by atoms with van der Waals surface area (Å²) in [7, 11) is 0. The predicted molar refractivity (Wildman–Crippen MR) is 128 cm³/mol. The van der Waals surface area contributed by atoms with E-state index in [1.165, 1.54) is 28.3 Å². The summed E-state index contributed by atoms with van der Waals surface area (Å²) in [6.07, 6.45) is 0. The summed E-state index contributed by atoms with van der Waals surface area (Å²) in [5.74, 6) is 0.596. The molecule has 0 spiro atoms. The number of halogens is 1. The van der Waals surface area contributed by atoms with Gasteiger partial charge in [0, 0.05) is 16.0 Å². The van der Waals surface area contributed by atoms with Crippen molar-refractivity contribution in [2.24, 2.45) is 0 Å². The number of aryl methyl sites for hydroxylation is 3. The lowest BCUT2D eigenvalue weighted by Crippen LogP contribution is -2.05. The number of nitrogens with one attached hydrogen (secondary N) is 1. The Bertz CT molecular complexity index is 1280. The number of hydrogen-bond donors (Lipinski definition) is 1. The molecule has 2 heterocycles. The lowest BCUT2D eigenvalue weighted by Gasteiger charge is -2.18. The molecule has 2 nitrogen and oxygen atoms in total. The van der Waals surface area contributed by atoms with E-state index in [4.69, 9.17) is 4.98 Å². The summed E-state index contributed by atoms with van der Waals surface area (Å²) < 4.78 is 14.6. The number of rotatable bonds is 4. The maximum absolute atomic E-state index is 13.6. The highest BCUT2D eigenvalue weighted by Crippen LogP contribution is 2.37. The molecule has 0 saturated carbocycles. The van der Waals surface area contributed by atoms with Gasteiger partial charge in [-0.25, -0.2) is 9.37 Å². The summed E-state index contributed by atoms with van der Waals surface area (Å²) in [6, 6.07) is 13.5. The zero-order chi connectivity index (χ0) is 21.6. The van der Waals surface area contributed by atoms with Crippen LogP contribution in [0.3, 0.4) is 0 Å². The maximum atomic E-state index is 13.6. The molecule has 4 heteroatoms. The van der Waals surface area contributed by atoms with Gasteiger partial charge in [0.1, 0.15) is 11.6 Å². The number of anilines is 1. The van der Waals surface area contributed by atoms with Crippen LogP contribution < -0.4 is 5.32 Å². The Labute approximate surface area is 181 Å². The topological polar surface area (TPSA) is 24.9 Å². The second-order valence-electron chi connectivity index (χ2n) is 7.84. The zero-order valence-corrected chi connectivity index (χ0v) is 18.8. The minimum absolute atomic E-state index is 0.218. The first kappa shape index (κ1) is 20.3. The number of thiophene rings is 1. The van der Waals surface area contributed by atoms with E-state index in [0.717, 1.165) is 43.3 Å². The first-order valence-electron chi connectivity index (χ1n) is 9.96. The molecule has 0 aliphatic heterocycles. The van der Waals surface area contributed by atoms with E-state index in [1.807, 2.05) is 13.0 Å². The molecule has 4 aromatic rings. The number of nitrogens with zero attached hydrogens (tertiary/aromatic N) is 1. The van der Waals surface area contributed by atoms with E-state index >= 15 is 0 Å². The zero-order valence-electron chi connectivity index (χ0n) is 18.0. The van der Waals surface area contributed by atoms with Crippen LogP contribution in [-0.4, -0.2) is 4.98 Å². The number of aromatic nitrogens is 1. The van der Waals surface area contributed by atoms with Gasteiger partial charge in [0.25, 0.3) is 0 Å². The van der Waals surface area contributed by atoms with Crippen LogP contribution in [0.2, 0.25) is 0 Å². The van der Waals surface area contributed by atoms with Gasteiger partial charge in [0.05, 0.1) is 10.6 Å². The van der Waals surface area contributed by atoms with Crippen LogP contribution in [0.1, 0.15) is 32.8 Å². The normalized spacial score (nSPS) is 11.1. The molecule has 0 aliphatic rings. The molecule has 0 atom stereocenters. The van der Waals surface area contributed by atoms with Crippen molar-refractivity contribution in [2.75, 3.05) is 5.32 Å². The largest absolute Gasteiger partial charge is 0.339 e. The lowest BCUT2D eigenvalue weighted by atomic mass is 9.95. The summed E-state index contributed by atoms with van der Waals surface area (Å²) >= 11 is 1.55. The standard InChI is InChI=1S/C26H25FN2S/c1-14-7-9-20(10-8-14)24-15(2)16(3)26(28-18(24)5)29-19(6)25-17(4)22-12-11-21(27)13-23(22)30-25/h7-13H,6H2,1-5H3,(H,28,29). The van der Waals surface area contributed by atoms with Crippen LogP contribution in [0.5, 0.6) is 0 Å². The molecule has 4 rings (SSSR count). The molecule has 2 aromatic carbocycles. The Morgan fingerprint density at radius 3 is 2.33 bits per heavy atom. The molecule has 2 aromatic heterocycles. The van der Waals surface area contributed by atoms with Gasteiger partial charge in [-0.15, -0.1) is 11.3 Å². The first-order valence-corrected chi connectivity index (χ1v) is 10.8. The van der Waals surface area contributed by atoms with Crippen molar-refractivity contribution in [1.82, 2.24) is 4.98 Å². The number of pyridine rings is 1. The summed E-state index contributed by atoms with van der Waals surface area (Å²) in [5.41, 5.74) is 8.77. The lowest BCUT2D eigenvalue weighted by molar-refractivity contribution is 0.630. The van der Waals surface area contributed by atoms with Crippen LogP contribution in [-0.2, 0) is 0 Å². The van der Waals surface area contributed by atoms with Crippen molar-refractivity contribution < 1.29 is 4.39 Å². The average molecular weight is 417 g/mol. The Morgan fingerprint density at radius 2 is 1.63 bits per heavy atom. The summed E-state index contributed by atoms with van der Waals surface area (Å²) in [5, 5.41) is 4.48. The highest BCUT2D eigenvalue weighted by Gasteiger charge is 2.17. The van der Waals surface area contributed by atoms with E-state index in [2.05, 4.69) is 63.9 Å². The first-order chi connectivity index (χ1) is 14.3. The molecule has 0 fully saturated rings. The van der Waals surface area contributed by atoms with Crippen molar-refractivity contribution in [2.45, 2.75) is 34.6 Å². The van der Waals surface area contributed by atoms with Crippen molar-refractivity contribution in [1.29, 1.82) is 0 Å². The third kappa shape index (κ3) is 3.52.